The predicted molar refractivity (Wildman–Crippen MR) is 160 cm³/mol. The Hall–Kier alpha value is -3.58. The molecule has 0 bridgehead atoms. The molecule has 5 rings (SSSR count). The summed E-state index contributed by atoms with van der Waals surface area (Å²) in [6.07, 6.45) is 2.31. The fourth-order valence-corrected chi connectivity index (χ4v) is 6.31. The molecule has 1 saturated heterocycles. The van der Waals surface area contributed by atoms with E-state index in [1.165, 1.54) is 11.1 Å². The van der Waals surface area contributed by atoms with E-state index in [4.69, 9.17) is 9.31 Å². The van der Waals surface area contributed by atoms with Gasteiger partial charge in [-0.05, 0) is 70.9 Å². The van der Waals surface area contributed by atoms with Crippen molar-refractivity contribution in [3.63, 3.8) is 0 Å². The largest absolute Gasteiger partial charge is 0.496 e. The van der Waals surface area contributed by atoms with Crippen LogP contribution in [0, 0.1) is 6.92 Å². The number of H-pyrrole nitrogens is 1. The number of hydrogen-bond acceptors (Lipinski definition) is 8. The quantitative estimate of drug-likeness (QED) is 0.313. The fraction of sp³-hybridized carbons (Fsp3) is 0.367. The van der Waals surface area contributed by atoms with Crippen molar-refractivity contribution in [2.75, 3.05) is 13.6 Å². The number of aryl methyl sites for hydroxylation is 1. The van der Waals surface area contributed by atoms with Gasteiger partial charge in [-0.25, -0.2) is 18.4 Å². The summed E-state index contributed by atoms with van der Waals surface area (Å²) in [5.74, 6) is -0.217. The van der Waals surface area contributed by atoms with Gasteiger partial charge in [0.25, 0.3) is 5.91 Å². The Morgan fingerprint density at radius 2 is 1.74 bits per heavy atom. The van der Waals surface area contributed by atoms with Gasteiger partial charge in [0.05, 0.1) is 28.4 Å². The number of benzene rings is 2. The second kappa shape index (κ2) is 10.6. The standard InChI is InChI=1S/C30H35BN4O6S/c1-18-8-13-23(31-40-29(3,4)30(5,6)41-31)24(14-18)42(38,39)25-16-33-27-26(34-25)22(15-32-27)20-9-11-21(12-10-20)28(37)35(7)17-19(2)36/h8-16,19,36H,17H2,1-7H3,(H,32,33)/t19-/m0/s1. The predicted octanol–water partition coefficient (Wildman–Crippen LogP) is 3.52. The molecule has 4 aromatic rings. The van der Waals surface area contributed by atoms with Crippen LogP contribution in [0.15, 0.2) is 64.8 Å². The topological polar surface area (TPSA) is 135 Å². The van der Waals surface area contributed by atoms with Gasteiger partial charge >= 0.3 is 7.12 Å². The number of amides is 1. The Morgan fingerprint density at radius 1 is 1.10 bits per heavy atom. The number of nitrogens with zero attached hydrogens (tertiary/aromatic N) is 3. The first-order valence-electron chi connectivity index (χ1n) is 13.7. The Kier molecular flexibility index (Phi) is 7.55. The van der Waals surface area contributed by atoms with Crippen molar-refractivity contribution < 1.29 is 27.6 Å². The Morgan fingerprint density at radius 3 is 2.36 bits per heavy atom. The number of aliphatic hydroxyl groups is 1. The maximum absolute atomic E-state index is 14.1. The molecule has 0 unspecified atom stereocenters. The molecule has 1 aliphatic heterocycles. The number of fused-ring (bicyclic) bond motifs is 1. The van der Waals surface area contributed by atoms with Crippen molar-refractivity contribution in [3.05, 3.63) is 66.0 Å². The minimum atomic E-state index is -4.13. The van der Waals surface area contributed by atoms with Crippen molar-refractivity contribution in [2.45, 2.75) is 68.8 Å². The zero-order valence-corrected chi connectivity index (χ0v) is 25.6. The average molecular weight is 591 g/mol. The smallest absolute Gasteiger partial charge is 0.399 e. The van der Waals surface area contributed by atoms with E-state index in [2.05, 4.69) is 15.0 Å². The van der Waals surface area contributed by atoms with Gasteiger partial charge in [0.1, 0.15) is 5.52 Å². The molecule has 42 heavy (non-hydrogen) atoms. The number of likely N-dealkylation sites (N-methyl/N-ethyl adjacent to an activating group) is 1. The number of carbonyl (C=O) groups is 1. The summed E-state index contributed by atoms with van der Waals surface area (Å²) in [4.78, 5) is 26.2. The molecular formula is C30H35BN4O6S. The summed E-state index contributed by atoms with van der Waals surface area (Å²) < 4.78 is 40.5. The third kappa shape index (κ3) is 5.35. The zero-order valence-electron chi connectivity index (χ0n) is 24.8. The lowest BCUT2D eigenvalue weighted by atomic mass is 9.79. The Labute approximate surface area is 246 Å². The molecule has 0 spiro atoms. The van der Waals surface area contributed by atoms with Crippen molar-refractivity contribution in [2.24, 2.45) is 0 Å². The van der Waals surface area contributed by atoms with Crippen LogP contribution in [-0.2, 0) is 19.1 Å². The summed E-state index contributed by atoms with van der Waals surface area (Å²) in [5.41, 5.74) is 2.52. The summed E-state index contributed by atoms with van der Waals surface area (Å²) in [6.45, 7) is 11.3. The lowest BCUT2D eigenvalue weighted by Crippen LogP contribution is -2.41. The van der Waals surface area contributed by atoms with E-state index >= 15 is 0 Å². The number of sulfone groups is 1. The zero-order chi connectivity index (χ0) is 30.6. The number of rotatable bonds is 7. The van der Waals surface area contributed by atoms with E-state index in [1.807, 2.05) is 40.7 Å². The van der Waals surface area contributed by atoms with Gasteiger partial charge in [-0.3, -0.25) is 4.79 Å². The number of aliphatic hydroxyl groups excluding tert-OH is 1. The molecule has 2 aromatic heterocycles. The molecule has 0 radical (unpaired) electrons. The first-order valence-corrected chi connectivity index (χ1v) is 15.2. The Bertz CT molecular complexity index is 1750. The number of carbonyl (C=O) groups excluding carboxylic acids is 1. The molecule has 10 nitrogen and oxygen atoms in total. The maximum atomic E-state index is 14.1. The normalized spacial score (nSPS) is 17.0. The van der Waals surface area contributed by atoms with Crippen molar-refractivity contribution in [3.8, 4) is 11.1 Å². The van der Waals surface area contributed by atoms with E-state index in [0.29, 0.717) is 27.8 Å². The monoisotopic (exact) mass is 590 g/mol. The molecule has 12 heteroatoms. The second-order valence-corrected chi connectivity index (χ2v) is 13.7. The van der Waals surface area contributed by atoms with Crippen LogP contribution >= 0.6 is 0 Å². The third-order valence-electron chi connectivity index (χ3n) is 7.93. The van der Waals surface area contributed by atoms with Gasteiger partial charge in [-0.1, -0.05) is 24.3 Å². The third-order valence-corrected chi connectivity index (χ3v) is 9.61. The molecule has 2 aromatic carbocycles. The summed E-state index contributed by atoms with van der Waals surface area (Å²) in [7, 11) is -3.37. The molecule has 0 aliphatic carbocycles. The molecule has 2 N–H and O–H groups in total. The number of hydrogen-bond donors (Lipinski definition) is 2. The molecule has 1 fully saturated rings. The number of aromatic amines is 1. The lowest BCUT2D eigenvalue weighted by Gasteiger charge is -2.32. The molecule has 1 amide bonds. The van der Waals surface area contributed by atoms with E-state index < -0.39 is 34.3 Å². The van der Waals surface area contributed by atoms with Gasteiger partial charge in [-0.2, -0.15) is 0 Å². The first kappa shape index (κ1) is 29.9. The van der Waals surface area contributed by atoms with Gasteiger partial charge in [0, 0.05) is 36.4 Å². The van der Waals surface area contributed by atoms with Crippen molar-refractivity contribution >= 4 is 39.5 Å². The highest BCUT2D eigenvalue weighted by Gasteiger charge is 2.53. The lowest BCUT2D eigenvalue weighted by molar-refractivity contribution is 0.00578. The number of aromatic nitrogens is 3. The highest BCUT2D eigenvalue weighted by Crippen LogP contribution is 2.37. The van der Waals surface area contributed by atoms with Crippen molar-refractivity contribution in [1.29, 1.82) is 0 Å². The average Bonchev–Trinajstić information content (AvgIpc) is 3.44. The number of nitrogens with one attached hydrogen (secondary N) is 1. The van der Waals surface area contributed by atoms with E-state index in [1.54, 1.807) is 56.6 Å². The molecule has 3 heterocycles. The highest BCUT2D eigenvalue weighted by molar-refractivity contribution is 7.91. The molecule has 1 aliphatic rings. The van der Waals surface area contributed by atoms with Crippen LogP contribution in [-0.4, -0.2) is 77.3 Å². The van der Waals surface area contributed by atoms with E-state index in [9.17, 15) is 18.3 Å². The van der Waals surface area contributed by atoms with Gasteiger partial charge < -0.3 is 24.3 Å². The van der Waals surface area contributed by atoms with Crippen LogP contribution in [0.5, 0.6) is 0 Å². The highest BCUT2D eigenvalue weighted by atomic mass is 32.2. The second-order valence-electron chi connectivity index (χ2n) is 11.9. The van der Waals surface area contributed by atoms with Crippen LogP contribution in [0.3, 0.4) is 0 Å². The van der Waals surface area contributed by atoms with Crippen LogP contribution in [0.1, 0.15) is 50.5 Å². The van der Waals surface area contributed by atoms with Gasteiger partial charge in [0.2, 0.25) is 9.84 Å². The molecule has 0 saturated carbocycles. The summed E-state index contributed by atoms with van der Waals surface area (Å²) in [5, 5.41) is 9.40. The van der Waals surface area contributed by atoms with Gasteiger partial charge in [-0.15, -0.1) is 0 Å². The van der Waals surface area contributed by atoms with Crippen LogP contribution in [0.25, 0.3) is 22.3 Å². The van der Waals surface area contributed by atoms with Crippen LogP contribution in [0.2, 0.25) is 0 Å². The van der Waals surface area contributed by atoms with E-state index in [-0.39, 0.29) is 22.4 Å². The van der Waals surface area contributed by atoms with Crippen LogP contribution < -0.4 is 5.46 Å². The first-order chi connectivity index (χ1) is 19.6. The van der Waals surface area contributed by atoms with Gasteiger partial charge in [0.15, 0.2) is 10.7 Å². The minimum absolute atomic E-state index is 0.0518. The van der Waals surface area contributed by atoms with Crippen LogP contribution in [0.4, 0.5) is 0 Å². The minimum Gasteiger partial charge on any atom is -0.399 e. The molecular weight excluding hydrogens is 555 g/mol. The Balaban J connectivity index is 1.52. The fourth-order valence-electron chi connectivity index (χ4n) is 4.87. The van der Waals surface area contributed by atoms with Crippen molar-refractivity contribution in [1.82, 2.24) is 19.9 Å². The molecule has 1 atom stereocenters. The van der Waals surface area contributed by atoms with E-state index in [0.717, 1.165) is 11.1 Å². The summed E-state index contributed by atoms with van der Waals surface area (Å²) >= 11 is 0. The molecule has 220 valence electrons. The SMILES string of the molecule is Cc1ccc(B2OC(C)(C)C(C)(C)O2)c(S(=O)(=O)c2cnc3[nH]cc(-c4ccc(C(=O)N(C)C[C@H](C)O)cc4)c3n2)c1. The summed E-state index contributed by atoms with van der Waals surface area (Å²) in [6, 6.07) is 12.1. The maximum Gasteiger partial charge on any atom is 0.496 e.